The van der Waals surface area contributed by atoms with Gasteiger partial charge in [0.25, 0.3) is 0 Å². The van der Waals surface area contributed by atoms with E-state index in [1.807, 2.05) is 52.7 Å². The summed E-state index contributed by atoms with van der Waals surface area (Å²) in [5, 5.41) is 14.1. The van der Waals surface area contributed by atoms with E-state index in [1.165, 1.54) is 0 Å². The second kappa shape index (κ2) is 7.02. The third-order valence-electron chi connectivity index (χ3n) is 4.27. The summed E-state index contributed by atoms with van der Waals surface area (Å²) in [6.07, 6.45) is 0.486. The fourth-order valence-corrected chi connectivity index (χ4v) is 3.64. The molecule has 25 heavy (non-hydrogen) atoms. The van der Waals surface area contributed by atoms with Crippen LogP contribution in [-0.4, -0.2) is 57.2 Å². The van der Waals surface area contributed by atoms with E-state index in [2.05, 4.69) is 20.4 Å². The number of carbonyl (C=O) groups excluding carboxylic acids is 1. The molecule has 2 aromatic heterocycles. The van der Waals surface area contributed by atoms with Gasteiger partial charge in [-0.1, -0.05) is 29.4 Å². The first-order valence-electron chi connectivity index (χ1n) is 8.20. The molecule has 0 N–H and O–H groups in total. The van der Waals surface area contributed by atoms with Crippen LogP contribution in [0.5, 0.6) is 0 Å². The van der Waals surface area contributed by atoms with E-state index in [0.717, 1.165) is 29.6 Å². The van der Waals surface area contributed by atoms with Gasteiger partial charge < -0.3 is 9.80 Å². The lowest BCUT2D eigenvalue weighted by Crippen LogP contribution is -2.49. The van der Waals surface area contributed by atoms with E-state index >= 15 is 0 Å². The molecule has 4 rings (SSSR count). The topological polar surface area (TPSA) is 67.2 Å². The predicted molar refractivity (Wildman–Crippen MR) is 96.0 cm³/mol. The Morgan fingerprint density at radius 1 is 1.04 bits per heavy atom. The van der Waals surface area contributed by atoms with Gasteiger partial charge in [0.05, 0.1) is 12.1 Å². The zero-order valence-electron chi connectivity index (χ0n) is 13.7. The van der Waals surface area contributed by atoms with Crippen LogP contribution in [0.3, 0.4) is 0 Å². The fraction of sp³-hybridized carbons (Fsp3) is 0.294. The van der Waals surface area contributed by atoms with Crippen molar-refractivity contribution in [1.82, 2.24) is 25.1 Å². The average molecular weight is 354 g/mol. The zero-order valence-corrected chi connectivity index (χ0v) is 14.5. The number of tetrazole rings is 1. The Hall–Kier alpha value is -2.74. The largest absolute Gasteiger partial charge is 0.339 e. The zero-order chi connectivity index (χ0) is 17.1. The molecule has 3 aromatic rings. The Morgan fingerprint density at radius 2 is 1.84 bits per heavy atom. The number of thiophene rings is 1. The third kappa shape index (κ3) is 3.39. The summed E-state index contributed by atoms with van der Waals surface area (Å²) < 4.78 is 1.74. The van der Waals surface area contributed by atoms with Gasteiger partial charge in [-0.2, -0.15) is 4.68 Å². The molecular formula is C17H18N6OS. The van der Waals surface area contributed by atoms with Gasteiger partial charge in [-0.25, -0.2) is 0 Å². The molecule has 1 amide bonds. The summed E-state index contributed by atoms with van der Waals surface area (Å²) in [7, 11) is 0. The Balaban J connectivity index is 1.41. The second-order valence-corrected chi connectivity index (χ2v) is 6.88. The molecule has 0 unspecified atom stereocenters. The maximum absolute atomic E-state index is 12.4. The Labute approximate surface area is 149 Å². The number of para-hydroxylation sites is 1. The molecule has 1 saturated heterocycles. The van der Waals surface area contributed by atoms with Gasteiger partial charge in [0.1, 0.15) is 0 Å². The van der Waals surface area contributed by atoms with Gasteiger partial charge in [0.2, 0.25) is 11.9 Å². The molecule has 3 heterocycles. The highest BCUT2D eigenvalue weighted by molar-refractivity contribution is 7.10. The van der Waals surface area contributed by atoms with Gasteiger partial charge in [0, 0.05) is 31.1 Å². The monoisotopic (exact) mass is 354 g/mol. The van der Waals surface area contributed by atoms with Crippen molar-refractivity contribution in [3.8, 4) is 5.69 Å². The number of nitrogens with zero attached hydrogens (tertiary/aromatic N) is 6. The number of anilines is 1. The first-order chi connectivity index (χ1) is 12.3. The highest BCUT2D eigenvalue weighted by Gasteiger charge is 2.25. The molecule has 8 heteroatoms. The summed E-state index contributed by atoms with van der Waals surface area (Å²) in [6.45, 7) is 2.82. The van der Waals surface area contributed by atoms with E-state index in [-0.39, 0.29) is 5.91 Å². The first kappa shape index (κ1) is 15.8. The summed E-state index contributed by atoms with van der Waals surface area (Å²) in [5.41, 5.74) is 0.929. The van der Waals surface area contributed by atoms with Crippen LogP contribution in [0, 0.1) is 0 Å². The highest BCUT2D eigenvalue weighted by Crippen LogP contribution is 2.18. The number of hydrogen-bond acceptors (Lipinski definition) is 6. The molecular weight excluding hydrogens is 336 g/mol. The lowest BCUT2D eigenvalue weighted by atomic mass is 10.2. The van der Waals surface area contributed by atoms with E-state index < -0.39 is 0 Å². The minimum atomic E-state index is 0.185. The van der Waals surface area contributed by atoms with Crippen LogP contribution in [0.1, 0.15) is 4.88 Å². The molecule has 0 saturated carbocycles. The van der Waals surface area contributed by atoms with Crippen LogP contribution in [0.25, 0.3) is 5.69 Å². The number of benzene rings is 1. The molecule has 0 aliphatic carbocycles. The van der Waals surface area contributed by atoms with Crippen LogP contribution < -0.4 is 4.90 Å². The Morgan fingerprint density at radius 3 is 2.56 bits per heavy atom. The molecule has 1 aliphatic heterocycles. The van der Waals surface area contributed by atoms with Gasteiger partial charge in [-0.05, 0) is 34.0 Å². The standard InChI is InChI=1S/C17H18N6OS/c24-16(13-15-7-4-12-25-15)21-8-10-22(11-9-21)17-18-19-20-23(17)14-5-2-1-3-6-14/h1-7,12H,8-11,13H2. The number of hydrogen-bond donors (Lipinski definition) is 0. The molecule has 0 atom stereocenters. The number of rotatable bonds is 4. The maximum atomic E-state index is 12.4. The summed E-state index contributed by atoms with van der Waals surface area (Å²) >= 11 is 1.63. The number of piperazine rings is 1. The second-order valence-electron chi connectivity index (χ2n) is 5.85. The van der Waals surface area contributed by atoms with Crippen LogP contribution >= 0.6 is 11.3 Å². The van der Waals surface area contributed by atoms with Crippen molar-refractivity contribution < 1.29 is 4.79 Å². The lowest BCUT2D eigenvalue weighted by molar-refractivity contribution is -0.130. The van der Waals surface area contributed by atoms with Crippen molar-refractivity contribution in [3.63, 3.8) is 0 Å². The smallest absolute Gasteiger partial charge is 0.250 e. The third-order valence-corrected chi connectivity index (χ3v) is 5.15. The van der Waals surface area contributed by atoms with E-state index in [1.54, 1.807) is 16.0 Å². The molecule has 128 valence electrons. The van der Waals surface area contributed by atoms with Crippen molar-refractivity contribution in [2.24, 2.45) is 0 Å². The van der Waals surface area contributed by atoms with Crippen molar-refractivity contribution in [2.45, 2.75) is 6.42 Å². The predicted octanol–water partition coefficient (Wildman–Crippen LogP) is 1.62. The maximum Gasteiger partial charge on any atom is 0.250 e. The van der Waals surface area contributed by atoms with Gasteiger partial charge in [-0.15, -0.1) is 11.3 Å². The van der Waals surface area contributed by atoms with Crippen molar-refractivity contribution in [1.29, 1.82) is 0 Å². The molecule has 1 aliphatic rings. The van der Waals surface area contributed by atoms with Gasteiger partial charge in [0.15, 0.2) is 0 Å². The number of amides is 1. The Kier molecular flexibility index (Phi) is 4.43. The summed E-state index contributed by atoms with van der Waals surface area (Å²) in [4.78, 5) is 17.6. The normalized spacial score (nSPS) is 14.7. The molecule has 7 nitrogen and oxygen atoms in total. The molecule has 0 radical (unpaired) electrons. The van der Waals surface area contributed by atoms with Gasteiger partial charge in [-0.3, -0.25) is 4.79 Å². The highest BCUT2D eigenvalue weighted by atomic mass is 32.1. The minimum Gasteiger partial charge on any atom is -0.339 e. The van der Waals surface area contributed by atoms with Crippen LogP contribution in [0.2, 0.25) is 0 Å². The fourth-order valence-electron chi connectivity index (χ4n) is 2.95. The van der Waals surface area contributed by atoms with Crippen molar-refractivity contribution in [3.05, 3.63) is 52.7 Å². The average Bonchev–Trinajstić information content (AvgIpc) is 3.34. The SMILES string of the molecule is O=C(Cc1cccs1)N1CCN(c2nnnn2-c2ccccc2)CC1. The summed E-state index contributed by atoms with van der Waals surface area (Å²) in [6, 6.07) is 13.8. The van der Waals surface area contributed by atoms with Crippen molar-refractivity contribution in [2.75, 3.05) is 31.1 Å². The number of aromatic nitrogens is 4. The molecule has 0 spiro atoms. The Bertz CT molecular complexity index is 824. The first-order valence-corrected chi connectivity index (χ1v) is 9.08. The van der Waals surface area contributed by atoms with E-state index in [9.17, 15) is 4.79 Å². The van der Waals surface area contributed by atoms with E-state index in [4.69, 9.17) is 0 Å². The summed E-state index contributed by atoms with van der Waals surface area (Å²) in [5.74, 6) is 0.904. The lowest BCUT2D eigenvalue weighted by Gasteiger charge is -2.34. The van der Waals surface area contributed by atoms with Crippen LogP contribution in [0.15, 0.2) is 47.8 Å². The van der Waals surface area contributed by atoms with Gasteiger partial charge >= 0.3 is 0 Å². The molecule has 1 fully saturated rings. The van der Waals surface area contributed by atoms with Crippen LogP contribution in [-0.2, 0) is 11.2 Å². The minimum absolute atomic E-state index is 0.185. The molecule has 0 bridgehead atoms. The van der Waals surface area contributed by atoms with Crippen molar-refractivity contribution >= 4 is 23.2 Å². The number of carbonyl (C=O) groups is 1. The molecule has 1 aromatic carbocycles. The quantitative estimate of drug-likeness (QED) is 0.712. The van der Waals surface area contributed by atoms with E-state index in [0.29, 0.717) is 19.5 Å². The van der Waals surface area contributed by atoms with Crippen LogP contribution in [0.4, 0.5) is 5.95 Å².